The van der Waals surface area contributed by atoms with Gasteiger partial charge in [-0.15, -0.1) is 0 Å². The number of aromatic amines is 1. The zero-order valence-electron chi connectivity index (χ0n) is 13.9. The van der Waals surface area contributed by atoms with Gasteiger partial charge in [0.25, 0.3) is 5.56 Å². The van der Waals surface area contributed by atoms with E-state index in [1.165, 1.54) is 5.56 Å². The lowest BCUT2D eigenvalue weighted by Crippen LogP contribution is -2.35. The van der Waals surface area contributed by atoms with Gasteiger partial charge in [0, 0.05) is 36.5 Å². The molecule has 1 aliphatic heterocycles. The van der Waals surface area contributed by atoms with Gasteiger partial charge in [-0.1, -0.05) is 31.2 Å². The maximum Gasteiger partial charge on any atom is 0.251 e. The maximum atomic E-state index is 11.9. The molecule has 0 saturated carbocycles. The van der Waals surface area contributed by atoms with Gasteiger partial charge in [0.15, 0.2) is 0 Å². The van der Waals surface area contributed by atoms with Gasteiger partial charge in [-0.2, -0.15) is 0 Å². The van der Waals surface area contributed by atoms with Gasteiger partial charge in [0.1, 0.15) is 0 Å². The molecule has 4 nitrogen and oxygen atoms in total. The van der Waals surface area contributed by atoms with Crippen LogP contribution in [-0.4, -0.2) is 36.2 Å². The Morgan fingerprint density at radius 1 is 1.17 bits per heavy atom. The number of rotatable bonds is 4. The van der Waals surface area contributed by atoms with Crippen LogP contribution in [0.5, 0.6) is 0 Å². The van der Waals surface area contributed by atoms with Gasteiger partial charge in [-0.3, -0.25) is 9.69 Å². The van der Waals surface area contributed by atoms with Crippen molar-refractivity contribution in [3.05, 3.63) is 57.5 Å². The van der Waals surface area contributed by atoms with E-state index in [1.807, 2.05) is 19.9 Å². The van der Waals surface area contributed by atoms with E-state index < -0.39 is 0 Å². The first-order chi connectivity index (χ1) is 11.2. The van der Waals surface area contributed by atoms with Crippen LogP contribution in [0.2, 0.25) is 0 Å². The number of hydrogen-bond donors (Lipinski definition) is 1. The fourth-order valence-electron chi connectivity index (χ4n) is 3.04. The Morgan fingerprint density at radius 2 is 1.87 bits per heavy atom. The molecule has 1 aromatic heterocycles. The molecule has 1 N–H and O–H groups in total. The maximum absolute atomic E-state index is 11.9. The molecule has 23 heavy (non-hydrogen) atoms. The molecule has 0 unspecified atom stereocenters. The SMILES string of the molecule is CCc1cc(-c2ccc(CN3CCOCC3)cc2)c(C)[nH]c1=O. The molecule has 0 amide bonds. The second kappa shape index (κ2) is 7.11. The number of ether oxygens (including phenoxy) is 1. The summed E-state index contributed by atoms with van der Waals surface area (Å²) < 4.78 is 5.39. The molecule has 1 aliphatic rings. The second-order valence-electron chi connectivity index (χ2n) is 6.10. The van der Waals surface area contributed by atoms with E-state index in [1.54, 1.807) is 0 Å². The van der Waals surface area contributed by atoms with Crippen molar-refractivity contribution in [3.63, 3.8) is 0 Å². The monoisotopic (exact) mass is 312 g/mol. The van der Waals surface area contributed by atoms with Crippen molar-refractivity contribution in [1.29, 1.82) is 0 Å². The predicted molar refractivity (Wildman–Crippen MR) is 92.7 cm³/mol. The van der Waals surface area contributed by atoms with Crippen LogP contribution >= 0.6 is 0 Å². The van der Waals surface area contributed by atoms with Crippen LogP contribution in [0.3, 0.4) is 0 Å². The van der Waals surface area contributed by atoms with Crippen molar-refractivity contribution in [2.75, 3.05) is 26.3 Å². The van der Waals surface area contributed by atoms with Crippen LogP contribution in [0.1, 0.15) is 23.7 Å². The zero-order chi connectivity index (χ0) is 16.2. The minimum Gasteiger partial charge on any atom is -0.379 e. The molecular weight excluding hydrogens is 288 g/mol. The predicted octanol–water partition coefficient (Wildman–Crippen LogP) is 2.74. The minimum atomic E-state index is 0.0256. The lowest BCUT2D eigenvalue weighted by atomic mass is 10.0. The first-order valence-electron chi connectivity index (χ1n) is 8.29. The molecule has 1 aromatic carbocycles. The number of pyridine rings is 1. The summed E-state index contributed by atoms with van der Waals surface area (Å²) in [5, 5.41) is 0. The third-order valence-electron chi connectivity index (χ3n) is 4.47. The van der Waals surface area contributed by atoms with Crippen molar-refractivity contribution < 1.29 is 4.74 Å². The van der Waals surface area contributed by atoms with Crippen molar-refractivity contribution in [2.24, 2.45) is 0 Å². The standard InChI is InChI=1S/C19H24N2O2/c1-3-16-12-18(14(2)20-19(16)22)17-6-4-15(5-7-17)13-21-8-10-23-11-9-21/h4-7,12H,3,8-11,13H2,1-2H3,(H,20,22). The number of nitrogens with one attached hydrogen (secondary N) is 1. The Labute approximate surface area is 137 Å². The normalized spacial score (nSPS) is 15.7. The fourth-order valence-corrected chi connectivity index (χ4v) is 3.04. The molecule has 1 fully saturated rings. The summed E-state index contributed by atoms with van der Waals surface area (Å²) in [4.78, 5) is 17.2. The number of nitrogens with zero attached hydrogens (tertiary/aromatic N) is 1. The van der Waals surface area contributed by atoms with Crippen molar-refractivity contribution in [3.8, 4) is 11.1 Å². The van der Waals surface area contributed by atoms with Crippen LogP contribution in [0.25, 0.3) is 11.1 Å². The van der Waals surface area contributed by atoms with Crippen molar-refractivity contribution >= 4 is 0 Å². The first kappa shape index (κ1) is 16.0. The highest BCUT2D eigenvalue weighted by molar-refractivity contribution is 5.66. The van der Waals surface area contributed by atoms with E-state index in [-0.39, 0.29) is 5.56 Å². The molecule has 2 heterocycles. The molecule has 3 rings (SSSR count). The molecule has 1 saturated heterocycles. The Balaban J connectivity index is 1.80. The lowest BCUT2D eigenvalue weighted by Gasteiger charge is -2.26. The summed E-state index contributed by atoms with van der Waals surface area (Å²) in [6.07, 6.45) is 0.748. The summed E-state index contributed by atoms with van der Waals surface area (Å²) in [6.45, 7) is 8.59. The van der Waals surface area contributed by atoms with Crippen molar-refractivity contribution in [2.45, 2.75) is 26.8 Å². The summed E-state index contributed by atoms with van der Waals surface area (Å²) in [7, 11) is 0. The van der Waals surface area contributed by atoms with Crippen LogP contribution in [0, 0.1) is 6.92 Å². The second-order valence-corrected chi connectivity index (χ2v) is 6.10. The Kier molecular flexibility index (Phi) is 4.94. The number of aryl methyl sites for hydroxylation is 2. The van der Waals surface area contributed by atoms with E-state index in [0.29, 0.717) is 0 Å². The number of aromatic nitrogens is 1. The molecule has 0 radical (unpaired) electrons. The fraction of sp³-hybridized carbons (Fsp3) is 0.421. The number of hydrogen-bond acceptors (Lipinski definition) is 3. The van der Waals surface area contributed by atoms with Crippen LogP contribution in [0.15, 0.2) is 35.1 Å². The molecule has 122 valence electrons. The number of benzene rings is 1. The highest BCUT2D eigenvalue weighted by Gasteiger charge is 2.11. The zero-order valence-corrected chi connectivity index (χ0v) is 13.9. The molecule has 4 heteroatoms. The Hall–Kier alpha value is -1.91. The van der Waals surface area contributed by atoms with Crippen LogP contribution < -0.4 is 5.56 Å². The molecule has 0 spiro atoms. The summed E-state index contributed by atoms with van der Waals surface area (Å²) in [5.74, 6) is 0. The molecule has 2 aromatic rings. The smallest absolute Gasteiger partial charge is 0.251 e. The van der Waals surface area contributed by atoms with Gasteiger partial charge < -0.3 is 9.72 Å². The summed E-state index contributed by atoms with van der Waals surface area (Å²) in [6, 6.07) is 10.7. The third-order valence-corrected chi connectivity index (χ3v) is 4.47. The van der Waals surface area contributed by atoms with Gasteiger partial charge in [-0.05, 0) is 30.5 Å². The van der Waals surface area contributed by atoms with E-state index in [2.05, 4.69) is 34.1 Å². The first-order valence-corrected chi connectivity index (χ1v) is 8.29. The molecule has 0 bridgehead atoms. The van der Waals surface area contributed by atoms with Crippen LogP contribution in [0.4, 0.5) is 0 Å². The van der Waals surface area contributed by atoms with Crippen LogP contribution in [-0.2, 0) is 17.7 Å². The van der Waals surface area contributed by atoms with E-state index in [9.17, 15) is 4.79 Å². The van der Waals surface area contributed by atoms with Gasteiger partial charge in [0.2, 0.25) is 0 Å². The van der Waals surface area contributed by atoms with Crippen molar-refractivity contribution in [1.82, 2.24) is 9.88 Å². The average Bonchev–Trinajstić information content (AvgIpc) is 2.57. The Bertz CT molecular complexity index is 713. The summed E-state index contributed by atoms with van der Waals surface area (Å²) in [5.41, 5.74) is 5.36. The van der Waals surface area contributed by atoms with Gasteiger partial charge in [-0.25, -0.2) is 0 Å². The lowest BCUT2D eigenvalue weighted by molar-refractivity contribution is 0.0342. The van der Waals surface area contributed by atoms with E-state index >= 15 is 0 Å². The summed E-state index contributed by atoms with van der Waals surface area (Å²) >= 11 is 0. The highest BCUT2D eigenvalue weighted by atomic mass is 16.5. The van der Waals surface area contributed by atoms with Gasteiger partial charge in [0.05, 0.1) is 13.2 Å². The van der Waals surface area contributed by atoms with E-state index in [0.717, 1.165) is 61.7 Å². The third kappa shape index (κ3) is 3.71. The number of H-pyrrole nitrogens is 1. The largest absolute Gasteiger partial charge is 0.379 e. The quantitative estimate of drug-likeness (QED) is 0.944. The molecular formula is C19H24N2O2. The topological polar surface area (TPSA) is 45.3 Å². The van der Waals surface area contributed by atoms with Gasteiger partial charge >= 0.3 is 0 Å². The highest BCUT2D eigenvalue weighted by Crippen LogP contribution is 2.23. The molecule has 0 atom stereocenters. The molecule has 0 aliphatic carbocycles. The minimum absolute atomic E-state index is 0.0256. The number of morpholine rings is 1. The average molecular weight is 312 g/mol. The Morgan fingerprint density at radius 3 is 2.52 bits per heavy atom. The van der Waals surface area contributed by atoms with E-state index in [4.69, 9.17) is 4.74 Å².